The fourth-order valence-corrected chi connectivity index (χ4v) is 3.78. The van der Waals surface area contributed by atoms with E-state index in [2.05, 4.69) is 29.1 Å². The third-order valence-electron chi connectivity index (χ3n) is 3.26. The predicted octanol–water partition coefficient (Wildman–Crippen LogP) is 2.25. The summed E-state index contributed by atoms with van der Waals surface area (Å²) in [6.45, 7) is 8.37. The van der Waals surface area contributed by atoms with Crippen molar-refractivity contribution in [1.29, 1.82) is 0 Å². The molecule has 114 valence electrons. The molecule has 0 aliphatic rings. The Morgan fingerprint density at radius 2 is 2.14 bits per heavy atom. The van der Waals surface area contributed by atoms with Crippen molar-refractivity contribution in [2.45, 2.75) is 38.3 Å². The van der Waals surface area contributed by atoms with Crippen LogP contribution in [0.25, 0.3) is 10.2 Å². The highest BCUT2D eigenvalue weighted by molar-refractivity contribution is 8.00. The predicted molar refractivity (Wildman–Crippen MR) is 88.9 cm³/mol. The van der Waals surface area contributed by atoms with Crippen molar-refractivity contribution in [2.75, 3.05) is 12.3 Å². The first kappa shape index (κ1) is 16.2. The zero-order valence-electron chi connectivity index (χ0n) is 12.7. The van der Waals surface area contributed by atoms with Crippen LogP contribution in [0.1, 0.15) is 24.3 Å². The summed E-state index contributed by atoms with van der Waals surface area (Å²) in [6, 6.07) is 0. The number of thioether (sulfide) groups is 1. The van der Waals surface area contributed by atoms with Crippen LogP contribution in [0.5, 0.6) is 0 Å². The van der Waals surface area contributed by atoms with Crippen LogP contribution < -0.4 is 11.1 Å². The molecule has 0 saturated carbocycles. The van der Waals surface area contributed by atoms with Gasteiger partial charge < -0.3 is 11.1 Å². The summed E-state index contributed by atoms with van der Waals surface area (Å²) in [5.41, 5.74) is 6.43. The van der Waals surface area contributed by atoms with Crippen molar-refractivity contribution in [3.05, 3.63) is 16.8 Å². The van der Waals surface area contributed by atoms with Gasteiger partial charge in [-0.2, -0.15) is 0 Å². The maximum Gasteiger partial charge on any atom is 0.230 e. The Bertz CT molecular complexity index is 666. The number of nitrogens with two attached hydrogens (primary N) is 1. The number of carbonyl (C=O) groups excluding carboxylic acids is 1. The van der Waals surface area contributed by atoms with E-state index in [1.807, 2.05) is 13.8 Å². The number of hydrogen-bond donors (Lipinski definition) is 2. The largest absolute Gasteiger partial charge is 0.349 e. The lowest BCUT2D eigenvalue weighted by Gasteiger charge is -2.23. The van der Waals surface area contributed by atoms with E-state index in [1.54, 1.807) is 17.7 Å². The Hall–Kier alpha value is -1.18. The lowest BCUT2D eigenvalue weighted by atomic mass is 10.1. The zero-order valence-corrected chi connectivity index (χ0v) is 14.3. The SMILES string of the molecule is Cc1sc2ncnc(SCC(=O)NC(C)(C)CN)c2c1C. The highest BCUT2D eigenvalue weighted by Crippen LogP contribution is 2.34. The number of thiophene rings is 1. The van der Waals surface area contributed by atoms with E-state index in [0.29, 0.717) is 12.3 Å². The van der Waals surface area contributed by atoms with Crippen molar-refractivity contribution in [1.82, 2.24) is 15.3 Å². The summed E-state index contributed by atoms with van der Waals surface area (Å²) >= 11 is 3.10. The lowest BCUT2D eigenvalue weighted by Crippen LogP contribution is -2.49. The maximum atomic E-state index is 12.0. The smallest absolute Gasteiger partial charge is 0.230 e. The van der Waals surface area contributed by atoms with Crippen LogP contribution >= 0.6 is 23.1 Å². The minimum absolute atomic E-state index is 0.0354. The van der Waals surface area contributed by atoms with Crippen LogP contribution in [-0.4, -0.2) is 33.7 Å². The van der Waals surface area contributed by atoms with Crippen LogP contribution in [0.4, 0.5) is 0 Å². The fraction of sp³-hybridized carbons (Fsp3) is 0.500. The van der Waals surface area contributed by atoms with E-state index in [4.69, 9.17) is 5.73 Å². The molecule has 7 heteroatoms. The molecule has 0 spiro atoms. The molecule has 2 heterocycles. The molecular weight excluding hydrogens is 304 g/mol. The first-order valence-corrected chi connectivity index (χ1v) is 8.49. The van der Waals surface area contributed by atoms with Crippen LogP contribution in [0.3, 0.4) is 0 Å². The Kier molecular flexibility index (Phi) is 4.85. The molecule has 0 fully saturated rings. The highest BCUT2D eigenvalue weighted by Gasteiger charge is 2.19. The average molecular weight is 324 g/mol. The summed E-state index contributed by atoms with van der Waals surface area (Å²) in [7, 11) is 0. The van der Waals surface area contributed by atoms with E-state index in [0.717, 1.165) is 15.2 Å². The molecular formula is C14H20N4OS2. The van der Waals surface area contributed by atoms with E-state index >= 15 is 0 Å². The Balaban J connectivity index is 2.12. The normalized spacial score (nSPS) is 11.9. The minimum Gasteiger partial charge on any atom is -0.349 e. The summed E-state index contributed by atoms with van der Waals surface area (Å²) in [4.78, 5) is 22.8. The molecule has 2 aromatic heterocycles. The Morgan fingerprint density at radius 1 is 1.43 bits per heavy atom. The third kappa shape index (κ3) is 3.72. The first-order valence-electron chi connectivity index (χ1n) is 6.68. The van der Waals surface area contributed by atoms with Crippen molar-refractivity contribution in [3.8, 4) is 0 Å². The average Bonchev–Trinajstić information content (AvgIpc) is 2.72. The van der Waals surface area contributed by atoms with Crippen molar-refractivity contribution in [3.63, 3.8) is 0 Å². The molecule has 5 nitrogen and oxygen atoms in total. The number of hydrogen-bond acceptors (Lipinski definition) is 6. The lowest BCUT2D eigenvalue weighted by molar-refractivity contribution is -0.120. The standard InChI is InChI=1S/C14H20N4OS2/c1-8-9(2)21-13-11(8)12(16-7-17-13)20-5-10(19)18-14(3,4)6-15/h7H,5-6,15H2,1-4H3,(H,18,19). The molecule has 0 radical (unpaired) electrons. The number of nitrogens with zero attached hydrogens (tertiary/aromatic N) is 2. The number of rotatable bonds is 5. The van der Waals surface area contributed by atoms with Crippen LogP contribution in [0.2, 0.25) is 0 Å². The topological polar surface area (TPSA) is 80.9 Å². The summed E-state index contributed by atoms with van der Waals surface area (Å²) in [5.74, 6) is 0.288. The van der Waals surface area contributed by atoms with Gasteiger partial charge in [0, 0.05) is 22.3 Å². The summed E-state index contributed by atoms with van der Waals surface area (Å²) in [6.07, 6.45) is 1.56. The van der Waals surface area contributed by atoms with Crippen molar-refractivity contribution in [2.24, 2.45) is 5.73 Å². The van der Waals surface area contributed by atoms with Crippen molar-refractivity contribution < 1.29 is 4.79 Å². The van der Waals surface area contributed by atoms with Gasteiger partial charge in [0.05, 0.1) is 5.75 Å². The quantitative estimate of drug-likeness (QED) is 0.651. The van der Waals surface area contributed by atoms with Gasteiger partial charge in [0.25, 0.3) is 0 Å². The number of fused-ring (bicyclic) bond motifs is 1. The van der Waals surface area contributed by atoms with Gasteiger partial charge in [-0.15, -0.1) is 11.3 Å². The molecule has 0 aliphatic heterocycles. The molecule has 3 N–H and O–H groups in total. The van der Waals surface area contributed by atoms with E-state index < -0.39 is 0 Å². The van der Waals surface area contributed by atoms with Crippen LogP contribution in [0.15, 0.2) is 11.4 Å². The second kappa shape index (κ2) is 6.29. The van der Waals surface area contributed by atoms with E-state index in [1.165, 1.54) is 22.2 Å². The molecule has 0 saturated heterocycles. The molecule has 1 amide bonds. The third-order valence-corrected chi connectivity index (χ3v) is 5.36. The van der Waals surface area contributed by atoms with Gasteiger partial charge in [0.15, 0.2) is 0 Å². The molecule has 21 heavy (non-hydrogen) atoms. The van der Waals surface area contributed by atoms with Gasteiger partial charge in [-0.05, 0) is 33.3 Å². The second-order valence-electron chi connectivity index (χ2n) is 5.57. The monoisotopic (exact) mass is 324 g/mol. The van der Waals surface area contributed by atoms with Gasteiger partial charge in [-0.25, -0.2) is 9.97 Å². The van der Waals surface area contributed by atoms with Gasteiger partial charge in [-0.3, -0.25) is 4.79 Å². The van der Waals surface area contributed by atoms with E-state index in [9.17, 15) is 4.79 Å². The maximum absolute atomic E-state index is 12.0. The highest BCUT2D eigenvalue weighted by atomic mass is 32.2. The molecule has 2 rings (SSSR count). The van der Waals surface area contributed by atoms with Gasteiger partial charge in [-0.1, -0.05) is 11.8 Å². The summed E-state index contributed by atoms with van der Waals surface area (Å²) in [5, 5.41) is 4.85. The zero-order chi connectivity index (χ0) is 15.6. The molecule has 0 unspecified atom stereocenters. The Labute approximate surface area is 132 Å². The molecule has 0 bridgehead atoms. The number of amides is 1. The van der Waals surface area contributed by atoms with Crippen molar-refractivity contribution >= 4 is 39.2 Å². The van der Waals surface area contributed by atoms with Gasteiger partial charge in [0.1, 0.15) is 16.2 Å². The molecule has 0 atom stereocenters. The Morgan fingerprint density at radius 3 is 2.81 bits per heavy atom. The number of aryl methyl sites for hydroxylation is 2. The molecule has 0 aromatic carbocycles. The van der Waals surface area contributed by atoms with Crippen LogP contribution in [0, 0.1) is 13.8 Å². The first-order chi connectivity index (χ1) is 9.84. The van der Waals surface area contributed by atoms with Gasteiger partial charge in [0.2, 0.25) is 5.91 Å². The number of carbonyl (C=O) groups is 1. The number of nitrogens with one attached hydrogen (secondary N) is 1. The summed E-state index contributed by atoms with van der Waals surface area (Å²) < 4.78 is 0. The number of aromatic nitrogens is 2. The second-order valence-corrected chi connectivity index (χ2v) is 7.73. The van der Waals surface area contributed by atoms with Gasteiger partial charge >= 0.3 is 0 Å². The minimum atomic E-state index is -0.381. The van der Waals surface area contributed by atoms with Crippen LogP contribution in [-0.2, 0) is 4.79 Å². The molecule has 2 aromatic rings. The molecule has 0 aliphatic carbocycles. The van der Waals surface area contributed by atoms with E-state index in [-0.39, 0.29) is 11.4 Å². The fourth-order valence-electron chi connectivity index (χ4n) is 1.86.